The lowest BCUT2D eigenvalue weighted by Gasteiger charge is -2.23. The first kappa shape index (κ1) is 33.9. The van der Waals surface area contributed by atoms with Gasteiger partial charge in [0.1, 0.15) is 17.0 Å². The summed E-state index contributed by atoms with van der Waals surface area (Å²) in [5, 5.41) is 5.77. The summed E-state index contributed by atoms with van der Waals surface area (Å²) in [4.78, 5) is 45.5. The van der Waals surface area contributed by atoms with Crippen LogP contribution in [0.2, 0.25) is 0 Å². The molecule has 1 aliphatic rings. The molecule has 13 heteroatoms. The number of hydrogen-bond acceptors (Lipinski definition) is 8. The van der Waals surface area contributed by atoms with Crippen molar-refractivity contribution < 1.29 is 27.5 Å². The summed E-state index contributed by atoms with van der Waals surface area (Å²) in [5.41, 5.74) is 2.99. The molecule has 1 fully saturated rings. The van der Waals surface area contributed by atoms with Gasteiger partial charge in [-0.25, -0.2) is 23.0 Å². The number of aryl methyl sites for hydroxylation is 2. The molecule has 4 N–H and O–H groups in total. The first-order chi connectivity index (χ1) is 20.2. The zero-order valence-corrected chi connectivity index (χ0v) is 25.9. The van der Waals surface area contributed by atoms with E-state index in [-0.39, 0.29) is 41.7 Å². The lowest BCUT2D eigenvalue weighted by molar-refractivity contribution is -0.162. The molecule has 1 aromatic heterocycles. The molecule has 2 atom stereocenters. The van der Waals surface area contributed by atoms with Gasteiger partial charge in [-0.3, -0.25) is 4.79 Å². The van der Waals surface area contributed by atoms with Crippen molar-refractivity contribution in [1.29, 1.82) is 0 Å². The number of hydrogen-bond donors (Lipinski definition) is 4. The molecule has 1 aliphatic heterocycles. The number of sulfonamides is 1. The molecule has 232 valence electrons. The van der Waals surface area contributed by atoms with E-state index < -0.39 is 34.0 Å². The van der Waals surface area contributed by atoms with Crippen LogP contribution in [-0.4, -0.2) is 54.9 Å². The van der Waals surface area contributed by atoms with E-state index in [0.29, 0.717) is 36.9 Å². The van der Waals surface area contributed by atoms with Gasteiger partial charge < -0.3 is 20.4 Å². The molecule has 0 spiro atoms. The molecule has 11 nitrogen and oxygen atoms in total. The van der Waals surface area contributed by atoms with Gasteiger partial charge in [-0.1, -0.05) is 55.8 Å². The Morgan fingerprint density at radius 1 is 1.09 bits per heavy atom. The molecule has 2 heterocycles. The molecule has 0 radical (unpaired) electrons. The topological polar surface area (TPSA) is 159 Å². The Morgan fingerprint density at radius 3 is 2.51 bits per heavy atom. The highest BCUT2D eigenvalue weighted by Gasteiger charge is 2.33. The van der Waals surface area contributed by atoms with E-state index in [1.807, 2.05) is 37.3 Å². The quantitative estimate of drug-likeness (QED) is 0.172. The minimum Gasteiger partial charge on any atom is -0.391 e. The van der Waals surface area contributed by atoms with Crippen LogP contribution in [-0.2, 0) is 35.6 Å². The fourth-order valence-electron chi connectivity index (χ4n) is 4.85. The van der Waals surface area contributed by atoms with Gasteiger partial charge >= 0.3 is 11.9 Å². The maximum atomic E-state index is 13.9. The number of rotatable bonds is 12. The van der Waals surface area contributed by atoms with Crippen LogP contribution >= 0.6 is 12.4 Å². The van der Waals surface area contributed by atoms with Crippen molar-refractivity contribution in [3.8, 4) is 11.1 Å². The number of carbonyl (C=O) groups excluding carboxylic acids is 3. The van der Waals surface area contributed by atoms with Crippen LogP contribution in [0.4, 0.5) is 5.69 Å². The molecular weight excluding hydrogens is 594 g/mol. The molecule has 0 saturated carbocycles. The predicted molar refractivity (Wildman–Crippen MR) is 165 cm³/mol. The van der Waals surface area contributed by atoms with Crippen LogP contribution in [0.1, 0.15) is 56.8 Å². The molecule has 4 rings (SSSR count). The summed E-state index contributed by atoms with van der Waals surface area (Å²) in [6.45, 7) is 4.17. The molecule has 1 saturated heterocycles. The number of piperidine rings is 1. The van der Waals surface area contributed by atoms with Gasteiger partial charge in [0.15, 0.2) is 0 Å². The Morgan fingerprint density at radius 2 is 1.86 bits per heavy atom. The summed E-state index contributed by atoms with van der Waals surface area (Å²) in [7, 11) is -4.39. The second kappa shape index (κ2) is 15.8. The fraction of sp³-hybridized carbons (Fsp3) is 0.400. The van der Waals surface area contributed by atoms with Crippen molar-refractivity contribution in [3.05, 3.63) is 66.2 Å². The summed E-state index contributed by atoms with van der Waals surface area (Å²) in [6, 6.07) is 11.8. The second-order valence-electron chi connectivity index (χ2n) is 10.2. The SMILES string of the molecule is CCC(=O)Nc1c(-c2ccccc2)cccc1S(=O)(=O)NC(CCCc1nc[nH]c1C)C(=O)OC(=O)C1CCCCN1.Cl. The van der Waals surface area contributed by atoms with Crippen LogP contribution in [0.5, 0.6) is 0 Å². The largest absolute Gasteiger partial charge is 0.391 e. The Balaban J connectivity index is 0.00000506. The van der Waals surface area contributed by atoms with Gasteiger partial charge in [0, 0.05) is 17.7 Å². The maximum Gasteiger partial charge on any atom is 0.331 e. The van der Waals surface area contributed by atoms with E-state index >= 15 is 0 Å². The van der Waals surface area contributed by atoms with Crippen molar-refractivity contribution in [2.24, 2.45) is 0 Å². The van der Waals surface area contributed by atoms with E-state index in [9.17, 15) is 22.8 Å². The van der Waals surface area contributed by atoms with Crippen molar-refractivity contribution in [1.82, 2.24) is 20.0 Å². The van der Waals surface area contributed by atoms with Gasteiger partial charge in [-0.15, -0.1) is 12.4 Å². The van der Waals surface area contributed by atoms with Gasteiger partial charge in [0.2, 0.25) is 15.9 Å². The van der Waals surface area contributed by atoms with Crippen molar-refractivity contribution in [3.63, 3.8) is 0 Å². The minimum absolute atomic E-state index is 0. The first-order valence-electron chi connectivity index (χ1n) is 14.2. The normalized spacial score (nSPS) is 15.6. The average molecular weight is 632 g/mol. The zero-order chi connectivity index (χ0) is 30.1. The lowest BCUT2D eigenvalue weighted by atomic mass is 10.0. The summed E-state index contributed by atoms with van der Waals surface area (Å²) < 4.78 is 35.4. The van der Waals surface area contributed by atoms with Crippen LogP contribution in [0.3, 0.4) is 0 Å². The number of esters is 2. The number of anilines is 1. The Bertz CT molecular complexity index is 1510. The number of halogens is 1. The average Bonchev–Trinajstić information content (AvgIpc) is 3.41. The summed E-state index contributed by atoms with van der Waals surface area (Å²) in [6.07, 6.45) is 4.93. The van der Waals surface area contributed by atoms with Crippen LogP contribution in [0, 0.1) is 6.92 Å². The second-order valence-corrected chi connectivity index (χ2v) is 11.9. The van der Waals surface area contributed by atoms with Crippen LogP contribution in [0.15, 0.2) is 59.8 Å². The van der Waals surface area contributed by atoms with Gasteiger partial charge in [0.25, 0.3) is 0 Å². The number of aromatic nitrogens is 2. The Kier molecular flexibility index (Phi) is 12.4. The molecule has 3 aromatic rings. The van der Waals surface area contributed by atoms with E-state index in [1.165, 1.54) is 6.07 Å². The molecule has 43 heavy (non-hydrogen) atoms. The highest BCUT2D eigenvalue weighted by atomic mass is 35.5. The summed E-state index contributed by atoms with van der Waals surface area (Å²) in [5.74, 6) is -2.08. The third kappa shape index (κ3) is 8.96. The predicted octanol–water partition coefficient (Wildman–Crippen LogP) is 4.04. The molecular formula is C30H38ClN5O6S. The molecule has 1 amide bonds. The van der Waals surface area contributed by atoms with Crippen molar-refractivity contribution >= 4 is 46.0 Å². The van der Waals surface area contributed by atoms with E-state index in [4.69, 9.17) is 4.74 Å². The van der Waals surface area contributed by atoms with Crippen molar-refractivity contribution in [2.45, 2.75) is 75.8 Å². The van der Waals surface area contributed by atoms with Crippen LogP contribution in [0.25, 0.3) is 11.1 Å². The number of para-hydroxylation sites is 1. The monoisotopic (exact) mass is 631 g/mol. The van der Waals surface area contributed by atoms with E-state index in [1.54, 1.807) is 25.4 Å². The number of nitrogens with zero attached hydrogens (tertiary/aromatic N) is 1. The number of H-pyrrole nitrogens is 1. The standard InChI is InChI=1S/C30H37N5O6S.ClH/c1-3-27(36)34-28-22(21-11-5-4-6-12-21)13-9-17-26(28)42(39,40)35-25(16-10-15-23-20(2)32-19-33-23)30(38)41-29(37)24-14-7-8-18-31-24;/h4-6,9,11-13,17,19,24-25,31,35H,3,7-8,10,14-16,18H2,1-2H3,(H,32,33)(H,34,36);1H. The third-order valence-electron chi connectivity index (χ3n) is 7.20. The Labute approximate surface area is 258 Å². The number of nitrogens with one attached hydrogen (secondary N) is 4. The molecule has 0 aliphatic carbocycles. The van der Waals surface area contributed by atoms with Gasteiger partial charge in [0.05, 0.1) is 17.7 Å². The number of amides is 1. The van der Waals surface area contributed by atoms with Crippen LogP contribution < -0.4 is 15.4 Å². The number of aromatic amines is 1. The number of imidazole rings is 1. The third-order valence-corrected chi connectivity index (χ3v) is 8.72. The maximum absolute atomic E-state index is 13.9. The fourth-order valence-corrected chi connectivity index (χ4v) is 6.26. The highest BCUT2D eigenvalue weighted by molar-refractivity contribution is 7.89. The first-order valence-corrected chi connectivity index (χ1v) is 15.7. The van der Waals surface area contributed by atoms with Gasteiger partial charge in [-0.2, -0.15) is 4.72 Å². The number of ether oxygens (including phenoxy) is 1. The number of benzene rings is 2. The minimum atomic E-state index is -4.39. The molecule has 2 unspecified atom stereocenters. The van der Waals surface area contributed by atoms with Crippen molar-refractivity contribution in [2.75, 3.05) is 11.9 Å². The van der Waals surface area contributed by atoms with E-state index in [2.05, 4.69) is 25.3 Å². The number of carbonyl (C=O) groups is 3. The zero-order valence-electron chi connectivity index (χ0n) is 24.2. The summed E-state index contributed by atoms with van der Waals surface area (Å²) >= 11 is 0. The van der Waals surface area contributed by atoms with E-state index in [0.717, 1.165) is 24.2 Å². The lowest BCUT2D eigenvalue weighted by Crippen LogP contribution is -2.46. The highest BCUT2D eigenvalue weighted by Crippen LogP contribution is 2.34. The molecule has 0 bridgehead atoms. The Hall–Kier alpha value is -3.58. The van der Waals surface area contributed by atoms with Gasteiger partial charge in [-0.05, 0) is 57.2 Å². The smallest absolute Gasteiger partial charge is 0.331 e. The molecule has 2 aromatic carbocycles.